The number of halogens is 1. The maximum Gasteiger partial charge on any atom is 0.225 e. The van der Waals surface area contributed by atoms with Gasteiger partial charge in [-0.25, -0.2) is 4.68 Å². The first-order valence-electron chi connectivity index (χ1n) is 5.71. The van der Waals surface area contributed by atoms with Crippen LogP contribution in [0.4, 0.5) is 5.69 Å². The lowest BCUT2D eigenvalue weighted by atomic mass is 10.2. The molecule has 2 rings (SSSR count). The first-order valence-corrected chi connectivity index (χ1v) is 5.71. The molecule has 2 aromatic rings. The van der Waals surface area contributed by atoms with E-state index in [4.69, 9.17) is 0 Å². The highest BCUT2D eigenvalue weighted by atomic mass is 35.5. The van der Waals surface area contributed by atoms with Crippen molar-refractivity contribution in [1.29, 1.82) is 0 Å². The molecular formula is C12H16ClN5O. The minimum absolute atomic E-state index is 0. The minimum Gasteiger partial charge on any atom is -0.326 e. The molecular weight excluding hydrogens is 266 g/mol. The summed E-state index contributed by atoms with van der Waals surface area (Å²) in [6.07, 6.45) is 3.84. The number of anilines is 1. The summed E-state index contributed by atoms with van der Waals surface area (Å²) in [6, 6.07) is 7.44. The Morgan fingerprint density at radius 3 is 2.63 bits per heavy atom. The number of aromatic nitrogens is 3. The van der Waals surface area contributed by atoms with E-state index in [0.29, 0.717) is 13.0 Å². The van der Waals surface area contributed by atoms with Crippen molar-refractivity contribution in [1.82, 2.24) is 20.3 Å². The molecule has 1 heterocycles. The van der Waals surface area contributed by atoms with E-state index in [2.05, 4.69) is 20.9 Å². The predicted octanol–water partition coefficient (Wildman–Crippen LogP) is 1.24. The van der Waals surface area contributed by atoms with Crippen molar-refractivity contribution in [2.24, 2.45) is 0 Å². The Bertz CT molecular complexity index is 497. The summed E-state index contributed by atoms with van der Waals surface area (Å²) in [6.45, 7) is 0.670. The maximum absolute atomic E-state index is 11.5. The van der Waals surface area contributed by atoms with Gasteiger partial charge in [-0.15, -0.1) is 17.5 Å². The van der Waals surface area contributed by atoms with Crippen LogP contribution in [0.25, 0.3) is 5.69 Å². The van der Waals surface area contributed by atoms with Gasteiger partial charge in [0.15, 0.2) is 0 Å². The highest BCUT2D eigenvalue weighted by Crippen LogP contribution is 2.12. The number of hydrogen-bond donors (Lipinski definition) is 2. The van der Waals surface area contributed by atoms with Crippen LogP contribution in [0.5, 0.6) is 0 Å². The van der Waals surface area contributed by atoms with Crippen LogP contribution in [-0.2, 0) is 4.79 Å². The van der Waals surface area contributed by atoms with E-state index in [1.807, 2.05) is 31.3 Å². The van der Waals surface area contributed by atoms with Crippen LogP contribution in [-0.4, -0.2) is 34.5 Å². The fourth-order valence-electron chi connectivity index (χ4n) is 1.51. The van der Waals surface area contributed by atoms with Gasteiger partial charge in [-0.3, -0.25) is 4.79 Å². The summed E-state index contributed by atoms with van der Waals surface area (Å²) < 4.78 is 1.66. The second kappa shape index (κ2) is 7.50. The number of nitrogens with zero attached hydrogens (tertiary/aromatic N) is 3. The zero-order valence-corrected chi connectivity index (χ0v) is 11.4. The largest absolute Gasteiger partial charge is 0.326 e. The molecule has 0 unspecified atom stereocenters. The van der Waals surface area contributed by atoms with Gasteiger partial charge in [0.05, 0.1) is 18.1 Å². The van der Waals surface area contributed by atoms with Gasteiger partial charge in [0.25, 0.3) is 0 Å². The minimum atomic E-state index is -0.00199. The molecule has 6 nitrogen and oxygen atoms in total. The lowest BCUT2D eigenvalue weighted by Crippen LogP contribution is -2.18. The number of amides is 1. The SMILES string of the molecule is CNCCC(=O)Nc1ccc(-n2ccnn2)cc1.Cl. The van der Waals surface area contributed by atoms with Crippen LogP contribution in [0.1, 0.15) is 6.42 Å². The molecule has 0 saturated carbocycles. The highest BCUT2D eigenvalue weighted by Gasteiger charge is 2.02. The fourth-order valence-corrected chi connectivity index (χ4v) is 1.51. The number of benzene rings is 1. The molecule has 7 heteroatoms. The Kier molecular flexibility index (Phi) is 5.98. The molecule has 1 amide bonds. The molecule has 0 saturated heterocycles. The fraction of sp³-hybridized carbons (Fsp3) is 0.250. The van der Waals surface area contributed by atoms with Crippen LogP contribution in [0.15, 0.2) is 36.7 Å². The normalized spacial score (nSPS) is 9.74. The van der Waals surface area contributed by atoms with Gasteiger partial charge in [-0.2, -0.15) is 0 Å². The molecule has 0 atom stereocenters. The summed E-state index contributed by atoms with van der Waals surface area (Å²) in [5.41, 5.74) is 1.68. The molecule has 102 valence electrons. The Labute approximate surface area is 117 Å². The number of hydrogen-bond acceptors (Lipinski definition) is 4. The number of carbonyl (C=O) groups excluding carboxylic acids is 1. The van der Waals surface area contributed by atoms with Gasteiger partial charge >= 0.3 is 0 Å². The second-order valence-corrected chi connectivity index (χ2v) is 3.80. The van der Waals surface area contributed by atoms with Gasteiger partial charge in [0.2, 0.25) is 5.91 Å². The summed E-state index contributed by atoms with van der Waals surface area (Å²) in [7, 11) is 1.82. The molecule has 1 aromatic heterocycles. The molecule has 1 aromatic carbocycles. The second-order valence-electron chi connectivity index (χ2n) is 3.80. The Morgan fingerprint density at radius 1 is 1.32 bits per heavy atom. The van der Waals surface area contributed by atoms with Gasteiger partial charge in [-0.05, 0) is 31.3 Å². The van der Waals surface area contributed by atoms with Gasteiger partial charge in [0.1, 0.15) is 0 Å². The van der Waals surface area contributed by atoms with Crippen molar-refractivity contribution < 1.29 is 4.79 Å². The molecule has 2 N–H and O–H groups in total. The average Bonchev–Trinajstić information content (AvgIpc) is 2.91. The third kappa shape index (κ3) is 4.35. The van der Waals surface area contributed by atoms with E-state index < -0.39 is 0 Å². The smallest absolute Gasteiger partial charge is 0.225 e. The number of rotatable bonds is 5. The van der Waals surface area contributed by atoms with Gasteiger partial charge in [0, 0.05) is 18.7 Å². The lowest BCUT2D eigenvalue weighted by molar-refractivity contribution is -0.116. The van der Waals surface area contributed by atoms with Crippen LogP contribution in [0.3, 0.4) is 0 Å². The van der Waals surface area contributed by atoms with Crippen molar-refractivity contribution in [3.63, 3.8) is 0 Å². The lowest BCUT2D eigenvalue weighted by Gasteiger charge is -2.06. The molecule has 0 aliphatic heterocycles. The van der Waals surface area contributed by atoms with E-state index >= 15 is 0 Å². The maximum atomic E-state index is 11.5. The van der Waals surface area contributed by atoms with Crippen molar-refractivity contribution in [2.75, 3.05) is 18.9 Å². The zero-order chi connectivity index (χ0) is 12.8. The molecule has 0 spiro atoms. The molecule has 0 radical (unpaired) electrons. The molecule has 19 heavy (non-hydrogen) atoms. The first-order chi connectivity index (χ1) is 8.79. The molecule has 0 bridgehead atoms. The monoisotopic (exact) mass is 281 g/mol. The topological polar surface area (TPSA) is 71.8 Å². The van der Waals surface area contributed by atoms with Crippen LogP contribution >= 0.6 is 12.4 Å². The standard InChI is InChI=1S/C12H15N5O.ClH/c1-13-7-6-12(18)15-10-2-4-11(5-3-10)17-9-8-14-16-17;/h2-5,8-9,13H,6-7H2,1H3,(H,15,18);1H. The summed E-state index contributed by atoms with van der Waals surface area (Å²) in [5.74, 6) is -0.00199. The first kappa shape index (κ1) is 15.1. The van der Waals surface area contributed by atoms with E-state index in [1.165, 1.54) is 0 Å². The third-order valence-corrected chi connectivity index (χ3v) is 2.44. The molecule has 0 aliphatic rings. The van der Waals surface area contributed by atoms with Crippen molar-refractivity contribution >= 4 is 24.0 Å². The summed E-state index contributed by atoms with van der Waals surface area (Å²) in [5, 5.41) is 13.4. The number of nitrogens with one attached hydrogen (secondary N) is 2. The van der Waals surface area contributed by atoms with E-state index in [-0.39, 0.29) is 18.3 Å². The molecule has 0 aliphatic carbocycles. The van der Waals surface area contributed by atoms with E-state index in [1.54, 1.807) is 17.1 Å². The van der Waals surface area contributed by atoms with Gasteiger partial charge in [-0.1, -0.05) is 5.21 Å². The van der Waals surface area contributed by atoms with Crippen LogP contribution in [0.2, 0.25) is 0 Å². The van der Waals surface area contributed by atoms with Gasteiger partial charge < -0.3 is 10.6 Å². The molecule has 0 fully saturated rings. The summed E-state index contributed by atoms with van der Waals surface area (Å²) in [4.78, 5) is 11.5. The predicted molar refractivity (Wildman–Crippen MR) is 75.8 cm³/mol. The third-order valence-electron chi connectivity index (χ3n) is 2.44. The van der Waals surface area contributed by atoms with Crippen molar-refractivity contribution in [3.8, 4) is 5.69 Å². The average molecular weight is 282 g/mol. The van der Waals surface area contributed by atoms with E-state index in [9.17, 15) is 4.79 Å². The Morgan fingerprint density at radius 2 is 2.05 bits per heavy atom. The van der Waals surface area contributed by atoms with Crippen molar-refractivity contribution in [2.45, 2.75) is 6.42 Å². The summed E-state index contributed by atoms with van der Waals surface area (Å²) >= 11 is 0. The van der Waals surface area contributed by atoms with Crippen molar-refractivity contribution in [3.05, 3.63) is 36.7 Å². The van der Waals surface area contributed by atoms with Crippen LogP contribution in [0, 0.1) is 0 Å². The Balaban J connectivity index is 0.00000180. The van der Waals surface area contributed by atoms with E-state index in [0.717, 1.165) is 11.4 Å². The van der Waals surface area contributed by atoms with Crippen LogP contribution < -0.4 is 10.6 Å². The quantitative estimate of drug-likeness (QED) is 0.865. The highest BCUT2D eigenvalue weighted by molar-refractivity contribution is 5.90. The number of carbonyl (C=O) groups is 1. The Hall–Kier alpha value is -1.92. The zero-order valence-electron chi connectivity index (χ0n) is 10.5.